The Morgan fingerprint density at radius 3 is 3.13 bits per heavy atom. The average Bonchev–Trinajstić information content (AvgIpc) is 2.72. The zero-order chi connectivity index (χ0) is 10.3. The van der Waals surface area contributed by atoms with Crippen molar-refractivity contribution in [3.63, 3.8) is 0 Å². The molecule has 3 nitrogen and oxygen atoms in total. The van der Waals surface area contributed by atoms with Crippen LogP contribution in [0.1, 0.15) is 16.1 Å². The summed E-state index contributed by atoms with van der Waals surface area (Å²) in [6, 6.07) is 5.51. The van der Waals surface area contributed by atoms with Crippen molar-refractivity contribution in [3.8, 4) is 5.75 Å². The molecule has 1 aliphatic rings. The molecule has 2 heterocycles. The number of furan rings is 1. The van der Waals surface area contributed by atoms with Crippen molar-refractivity contribution >= 4 is 23.3 Å². The molecule has 0 N–H and O–H groups in total. The van der Waals surface area contributed by atoms with Crippen LogP contribution in [-0.4, -0.2) is 12.9 Å². The number of aldehydes is 1. The van der Waals surface area contributed by atoms with E-state index in [-0.39, 0.29) is 0 Å². The first-order valence-corrected chi connectivity index (χ1v) is 4.69. The Morgan fingerprint density at radius 1 is 1.33 bits per heavy atom. The van der Waals surface area contributed by atoms with E-state index in [1.807, 2.05) is 24.3 Å². The third-order valence-electron chi connectivity index (χ3n) is 2.44. The van der Waals surface area contributed by atoms with E-state index in [4.69, 9.17) is 9.15 Å². The summed E-state index contributed by atoms with van der Waals surface area (Å²) >= 11 is 0. The molecular weight excluding hydrogens is 192 g/mol. The summed E-state index contributed by atoms with van der Waals surface area (Å²) in [6.07, 6.45) is 4.59. The van der Waals surface area contributed by atoms with Crippen LogP contribution in [0.5, 0.6) is 5.75 Å². The Hall–Kier alpha value is -2.03. The number of carbonyl (C=O) groups excluding carboxylic acids is 1. The van der Waals surface area contributed by atoms with Crippen molar-refractivity contribution in [3.05, 3.63) is 35.6 Å². The predicted molar refractivity (Wildman–Crippen MR) is 56.1 cm³/mol. The van der Waals surface area contributed by atoms with Crippen LogP contribution in [0.25, 0.3) is 17.0 Å². The fourth-order valence-corrected chi connectivity index (χ4v) is 1.77. The maximum atomic E-state index is 10.6. The van der Waals surface area contributed by atoms with Crippen LogP contribution in [0.2, 0.25) is 0 Å². The van der Waals surface area contributed by atoms with E-state index in [0.717, 1.165) is 16.7 Å². The number of hydrogen-bond acceptors (Lipinski definition) is 3. The highest BCUT2D eigenvalue weighted by molar-refractivity contribution is 5.92. The van der Waals surface area contributed by atoms with Crippen molar-refractivity contribution < 1.29 is 13.9 Å². The molecule has 3 heteroatoms. The lowest BCUT2D eigenvalue weighted by Gasteiger charge is -2.11. The molecule has 0 radical (unpaired) electrons. The Morgan fingerprint density at radius 2 is 2.27 bits per heavy atom. The number of fused-ring (bicyclic) bond motifs is 3. The zero-order valence-electron chi connectivity index (χ0n) is 7.90. The number of hydrogen-bond donors (Lipinski definition) is 0. The lowest BCUT2D eigenvalue weighted by atomic mass is 10.1. The van der Waals surface area contributed by atoms with E-state index >= 15 is 0 Å². The van der Waals surface area contributed by atoms with Gasteiger partial charge in [0.05, 0.1) is 5.56 Å². The summed E-state index contributed by atoms with van der Waals surface area (Å²) in [6.45, 7) is 0.583. The molecule has 0 atom stereocenters. The summed E-state index contributed by atoms with van der Waals surface area (Å²) in [4.78, 5) is 10.6. The molecule has 0 spiro atoms. The van der Waals surface area contributed by atoms with Gasteiger partial charge in [-0.1, -0.05) is 0 Å². The molecule has 1 aliphatic heterocycles. The minimum atomic E-state index is 0.345. The summed E-state index contributed by atoms with van der Waals surface area (Å²) in [5, 5.41) is 0.922. The third-order valence-corrected chi connectivity index (χ3v) is 2.44. The number of rotatable bonds is 1. The quantitative estimate of drug-likeness (QED) is 0.664. The van der Waals surface area contributed by atoms with E-state index in [2.05, 4.69) is 0 Å². The molecule has 0 saturated carbocycles. The molecule has 0 unspecified atom stereocenters. The maximum absolute atomic E-state index is 10.6. The van der Waals surface area contributed by atoms with Gasteiger partial charge in [-0.25, -0.2) is 0 Å². The van der Waals surface area contributed by atoms with E-state index in [0.29, 0.717) is 24.2 Å². The van der Waals surface area contributed by atoms with Gasteiger partial charge in [-0.05, 0) is 30.4 Å². The van der Waals surface area contributed by atoms with E-state index < -0.39 is 0 Å². The normalized spacial score (nSPS) is 13.6. The minimum absolute atomic E-state index is 0.345. The van der Waals surface area contributed by atoms with Gasteiger partial charge in [-0.15, -0.1) is 0 Å². The van der Waals surface area contributed by atoms with Crippen molar-refractivity contribution in [2.45, 2.75) is 0 Å². The lowest BCUT2D eigenvalue weighted by molar-refractivity contribution is 0.110. The second-order valence-corrected chi connectivity index (χ2v) is 3.38. The van der Waals surface area contributed by atoms with Crippen LogP contribution >= 0.6 is 0 Å². The van der Waals surface area contributed by atoms with Crippen molar-refractivity contribution in [2.75, 3.05) is 6.61 Å². The second-order valence-electron chi connectivity index (χ2n) is 3.38. The lowest BCUT2D eigenvalue weighted by Crippen LogP contribution is -1.99. The van der Waals surface area contributed by atoms with Crippen LogP contribution in [0, 0.1) is 0 Å². The highest BCUT2D eigenvalue weighted by Gasteiger charge is 2.13. The maximum Gasteiger partial charge on any atom is 0.185 e. The van der Waals surface area contributed by atoms with Crippen LogP contribution in [0.3, 0.4) is 0 Å². The van der Waals surface area contributed by atoms with Gasteiger partial charge in [0.15, 0.2) is 12.0 Å². The number of ether oxygens (including phenoxy) is 1. The molecule has 3 rings (SSSR count). The minimum Gasteiger partial charge on any atom is -0.489 e. The van der Waals surface area contributed by atoms with Gasteiger partial charge < -0.3 is 9.15 Å². The molecule has 74 valence electrons. The second kappa shape index (κ2) is 2.98. The Kier molecular flexibility index (Phi) is 1.65. The molecular formula is C12H8O3. The van der Waals surface area contributed by atoms with Gasteiger partial charge in [0, 0.05) is 5.39 Å². The van der Waals surface area contributed by atoms with Crippen LogP contribution in [0.4, 0.5) is 0 Å². The topological polar surface area (TPSA) is 39.4 Å². The summed E-state index contributed by atoms with van der Waals surface area (Å²) in [5.41, 5.74) is 1.62. The molecule has 2 aromatic rings. The Balaban J connectivity index is 2.36. The van der Waals surface area contributed by atoms with Crippen LogP contribution in [-0.2, 0) is 0 Å². The summed E-state index contributed by atoms with van der Waals surface area (Å²) in [7, 11) is 0. The molecule has 0 amide bonds. The number of benzene rings is 1. The first-order valence-electron chi connectivity index (χ1n) is 4.69. The highest BCUT2D eigenvalue weighted by atomic mass is 16.5. The van der Waals surface area contributed by atoms with Crippen molar-refractivity contribution in [1.82, 2.24) is 0 Å². The first-order chi connectivity index (χ1) is 7.38. The fraction of sp³-hybridized carbons (Fsp3) is 0.0833. The fourth-order valence-electron chi connectivity index (χ4n) is 1.77. The van der Waals surface area contributed by atoms with Gasteiger partial charge in [0.25, 0.3) is 0 Å². The van der Waals surface area contributed by atoms with Gasteiger partial charge in [-0.3, -0.25) is 4.79 Å². The molecule has 0 bridgehead atoms. The molecule has 1 aromatic heterocycles. The predicted octanol–water partition coefficient (Wildman–Crippen LogP) is 2.65. The average molecular weight is 200 g/mol. The van der Waals surface area contributed by atoms with Gasteiger partial charge >= 0.3 is 0 Å². The third kappa shape index (κ3) is 1.16. The standard InChI is InChI=1S/C12H8O3/c13-7-9-6-8-3-4-11-10(12(8)15-9)2-1-5-14-11/h1-4,6-7H,5H2. The van der Waals surface area contributed by atoms with Crippen molar-refractivity contribution in [2.24, 2.45) is 0 Å². The Bertz CT molecular complexity index is 563. The SMILES string of the molecule is O=Cc1cc2ccc3c(c2o1)C=CCO3. The van der Waals surface area contributed by atoms with E-state index in [1.54, 1.807) is 6.07 Å². The monoisotopic (exact) mass is 200 g/mol. The van der Waals surface area contributed by atoms with Crippen LogP contribution in [0.15, 0.2) is 28.7 Å². The molecule has 0 aliphatic carbocycles. The first kappa shape index (κ1) is 8.29. The molecule has 1 aromatic carbocycles. The smallest absolute Gasteiger partial charge is 0.185 e. The Labute approximate surface area is 85.9 Å². The zero-order valence-corrected chi connectivity index (χ0v) is 7.90. The van der Waals surface area contributed by atoms with Crippen molar-refractivity contribution in [1.29, 1.82) is 0 Å². The largest absolute Gasteiger partial charge is 0.489 e. The van der Waals surface area contributed by atoms with E-state index in [1.165, 1.54) is 0 Å². The summed E-state index contributed by atoms with van der Waals surface area (Å²) < 4.78 is 10.9. The highest BCUT2D eigenvalue weighted by Crippen LogP contribution is 2.32. The number of carbonyl (C=O) groups is 1. The molecule has 0 fully saturated rings. The summed E-state index contributed by atoms with van der Waals surface area (Å²) in [5.74, 6) is 1.15. The van der Waals surface area contributed by atoms with Gasteiger partial charge in [-0.2, -0.15) is 0 Å². The van der Waals surface area contributed by atoms with E-state index in [9.17, 15) is 4.79 Å². The van der Waals surface area contributed by atoms with Gasteiger partial charge in [0.2, 0.25) is 0 Å². The van der Waals surface area contributed by atoms with Crippen LogP contribution < -0.4 is 4.74 Å². The molecule has 0 saturated heterocycles. The molecule has 15 heavy (non-hydrogen) atoms. The van der Waals surface area contributed by atoms with Gasteiger partial charge in [0.1, 0.15) is 17.9 Å².